The second-order valence-electron chi connectivity index (χ2n) is 4.78. The fourth-order valence-corrected chi connectivity index (χ4v) is 3.07. The van der Waals surface area contributed by atoms with Gasteiger partial charge in [-0.15, -0.1) is 0 Å². The van der Waals surface area contributed by atoms with Gasteiger partial charge in [-0.25, -0.2) is 0 Å². The summed E-state index contributed by atoms with van der Waals surface area (Å²) in [5.74, 6) is 1.63. The smallest absolute Gasteiger partial charge is 0.138 e. The van der Waals surface area contributed by atoms with E-state index in [1.807, 2.05) is 18.2 Å². The number of benzene rings is 1. The Hall–Kier alpha value is -0.250. The molecular formula is C14H19BrClNO. The summed E-state index contributed by atoms with van der Waals surface area (Å²) < 4.78 is 6.61. The first-order valence-corrected chi connectivity index (χ1v) is 7.71. The average molecular weight is 333 g/mol. The van der Waals surface area contributed by atoms with Crippen LogP contribution in [0.4, 0.5) is 0 Å². The first kappa shape index (κ1) is 14.2. The fraction of sp³-hybridized carbons (Fsp3) is 0.571. The van der Waals surface area contributed by atoms with Crippen LogP contribution in [0.2, 0.25) is 5.02 Å². The van der Waals surface area contributed by atoms with E-state index in [-0.39, 0.29) is 0 Å². The molecule has 0 spiro atoms. The van der Waals surface area contributed by atoms with Crippen molar-refractivity contribution in [3.05, 3.63) is 27.7 Å². The van der Waals surface area contributed by atoms with Gasteiger partial charge in [0.1, 0.15) is 12.4 Å². The van der Waals surface area contributed by atoms with Gasteiger partial charge >= 0.3 is 0 Å². The zero-order valence-electron chi connectivity index (χ0n) is 10.4. The maximum atomic E-state index is 6.07. The molecule has 0 unspecified atom stereocenters. The summed E-state index contributed by atoms with van der Waals surface area (Å²) in [4.78, 5) is 0. The number of nitrogens with one attached hydrogen (secondary N) is 1. The van der Waals surface area contributed by atoms with Gasteiger partial charge in [0, 0.05) is 11.0 Å². The van der Waals surface area contributed by atoms with Crippen molar-refractivity contribution in [1.82, 2.24) is 5.32 Å². The van der Waals surface area contributed by atoms with Gasteiger partial charge in [-0.1, -0.05) is 40.4 Å². The number of hydrogen-bond donors (Lipinski definition) is 1. The molecule has 1 N–H and O–H groups in total. The van der Waals surface area contributed by atoms with Crippen molar-refractivity contribution < 1.29 is 4.74 Å². The van der Waals surface area contributed by atoms with Crippen molar-refractivity contribution in [2.24, 2.45) is 5.92 Å². The Morgan fingerprint density at radius 1 is 1.33 bits per heavy atom. The van der Waals surface area contributed by atoms with Crippen LogP contribution in [-0.4, -0.2) is 19.7 Å². The molecule has 1 aromatic rings. The van der Waals surface area contributed by atoms with Gasteiger partial charge in [0.25, 0.3) is 0 Å². The predicted octanol–water partition coefficient (Wildman–Crippen LogP) is 4.26. The predicted molar refractivity (Wildman–Crippen MR) is 79.5 cm³/mol. The lowest BCUT2D eigenvalue weighted by molar-refractivity contribution is 0.309. The topological polar surface area (TPSA) is 21.3 Å². The van der Waals surface area contributed by atoms with E-state index in [0.29, 0.717) is 11.6 Å². The number of hydrogen-bond acceptors (Lipinski definition) is 2. The summed E-state index contributed by atoms with van der Waals surface area (Å²) in [6.07, 6.45) is 5.56. The molecule has 0 saturated heterocycles. The van der Waals surface area contributed by atoms with Crippen LogP contribution >= 0.6 is 27.5 Å². The summed E-state index contributed by atoms with van der Waals surface area (Å²) in [6, 6.07) is 5.68. The van der Waals surface area contributed by atoms with Crippen LogP contribution in [-0.2, 0) is 0 Å². The van der Waals surface area contributed by atoms with Gasteiger partial charge in [-0.2, -0.15) is 0 Å². The SMILES string of the molecule is Clc1cc(Br)ccc1OCCNCC1CCCC1. The zero-order chi connectivity index (χ0) is 12.8. The lowest BCUT2D eigenvalue weighted by Crippen LogP contribution is -2.26. The van der Waals surface area contributed by atoms with E-state index in [9.17, 15) is 0 Å². The molecule has 0 aromatic heterocycles. The Morgan fingerprint density at radius 3 is 2.83 bits per heavy atom. The molecule has 1 saturated carbocycles. The Morgan fingerprint density at radius 2 is 2.11 bits per heavy atom. The minimum absolute atomic E-state index is 0.653. The quantitative estimate of drug-likeness (QED) is 0.786. The van der Waals surface area contributed by atoms with Crippen molar-refractivity contribution >= 4 is 27.5 Å². The third-order valence-corrected chi connectivity index (χ3v) is 4.13. The molecular weight excluding hydrogens is 314 g/mol. The highest BCUT2D eigenvalue weighted by Crippen LogP contribution is 2.27. The molecule has 1 fully saturated rings. The molecule has 1 aliphatic rings. The third-order valence-electron chi connectivity index (χ3n) is 3.34. The van der Waals surface area contributed by atoms with Gasteiger partial charge < -0.3 is 10.1 Å². The van der Waals surface area contributed by atoms with E-state index in [1.54, 1.807) is 0 Å². The van der Waals surface area contributed by atoms with Crippen LogP contribution in [0.15, 0.2) is 22.7 Å². The minimum Gasteiger partial charge on any atom is -0.491 e. The maximum Gasteiger partial charge on any atom is 0.138 e. The molecule has 18 heavy (non-hydrogen) atoms. The highest BCUT2D eigenvalue weighted by Gasteiger charge is 2.13. The second-order valence-corrected chi connectivity index (χ2v) is 6.10. The maximum absolute atomic E-state index is 6.07. The number of halogens is 2. The Bertz CT molecular complexity index is 380. The van der Waals surface area contributed by atoms with Crippen LogP contribution in [0.25, 0.3) is 0 Å². The van der Waals surface area contributed by atoms with Gasteiger partial charge in [0.2, 0.25) is 0 Å². The van der Waals surface area contributed by atoms with Crippen molar-refractivity contribution in [3.8, 4) is 5.75 Å². The fourth-order valence-electron chi connectivity index (χ4n) is 2.35. The van der Waals surface area contributed by atoms with E-state index in [2.05, 4.69) is 21.2 Å². The first-order valence-electron chi connectivity index (χ1n) is 6.54. The minimum atomic E-state index is 0.653. The summed E-state index contributed by atoms with van der Waals surface area (Å²) in [5, 5.41) is 4.10. The molecule has 0 heterocycles. The normalized spacial score (nSPS) is 16.1. The van der Waals surface area contributed by atoms with Crippen molar-refractivity contribution in [1.29, 1.82) is 0 Å². The van der Waals surface area contributed by atoms with Crippen LogP contribution in [0.5, 0.6) is 5.75 Å². The third kappa shape index (κ3) is 4.45. The second kappa shape index (κ2) is 7.37. The molecule has 1 aromatic carbocycles. The molecule has 2 rings (SSSR count). The molecule has 0 aliphatic heterocycles. The van der Waals surface area contributed by atoms with E-state index >= 15 is 0 Å². The highest BCUT2D eigenvalue weighted by atomic mass is 79.9. The standard InChI is InChI=1S/C14H19BrClNO/c15-12-5-6-14(13(16)9-12)18-8-7-17-10-11-3-1-2-4-11/h5-6,9,11,17H,1-4,7-8,10H2. The van der Waals surface area contributed by atoms with Gasteiger partial charge in [0.05, 0.1) is 5.02 Å². The highest BCUT2D eigenvalue weighted by molar-refractivity contribution is 9.10. The number of ether oxygens (including phenoxy) is 1. The van der Waals surface area contributed by atoms with Crippen LogP contribution < -0.4 is 10.1 Å². The summed E-state index contributed by atoms with van der Waals surface area (Å²) in [6.45, 7) is 2.66. The van der Waals surface area contributed by atoms with Gasteiger partial charge in [-0.05, 0) is 43.5 Å². The van der Waals surface area contributed by atoms with Crippen molar-refractivity contribution in [2.45, 2.75) is 25.7 Å². The van der Waals surface area contributed by atoms with E-state index in [1.165, 1.54) is 25.7 Å². The van der Waals surface area contributed by atoms with E-state index in [4.69, 9.17) is 16.3 Å². The molecule has 0 amide bonds. The van der Waals surface area contributed by atoms with Crippen LogP contribution in [0.3, 0.4) is 0 Å². The molecule has 0 atom stereocenters. The average Bonchev–Trinajstić information content (AvgIpc) is 2.84. The van der Waals surface area contributed by atoms with Gasteiger partial charge in [-0.3, -0.25) is 0 Å². The summed E-state index contributed by atoms with van der Waals surface area (Å²) >= 11 is 9.45. The van der Waals surface area contributed by atoms with Crippen molar-refractivity contribution in [2.75, 3.05) is 19.7 Å². The van der Waals surface area contributed by atoms with E-state index < -0.39 is 0 Å². The largest absolute Gasteiger partial charge is 0.491 e. The Labute approximate surface area is 122 Å². The Balaban J connectivity index is 1.62. The lowest BCUT2D eigenvalue weighted by atomic mass is 10.1. The molecule has 100 valence electrons. The zero-order valence-corrected chi connectivity index (χ0v) is 12.8. The molecule has 0 radical (unpaired) electrons. The summed E-state index contributed by atoms with van der Waals surface area (Å²) in [5.41, 5.74) is 0. The van der Waals surface area contributed by atoms with Gasteiger partial charge in [0.15, 0.2) is 0 Å². The Kier molecular flexibility index (Phi) is 5.80. The molecule has 4 heteroatoms. The van der Waals surface area contributed by atoms with Crippen LogP contribution in [0.1, 0.15) is 25.7 Å². The molecule has 1 aliphatic carbocycles. The number of rotatable bonds is 6. The summed E-state index contributed by atoms with van der Waals surface area (Å²) in [7, 11) is 0. The lowest BCUT2D eigenvalue weighted by Gasteiger charge is -2.12. The van der Waals surface area contributed by atoms with E-state index in [0.717, 1.165) is 29.2 Å². The molecule has 2 nitrogen and oxygen atoms in total. The van der Waals surface area contributed by atoms with Crippen LogP contribution in [0, 0.1) is 5.92 Å². The molecule has 0 bridgehead atoms. The monoisotopic (exact) mass is 331 g/mol. The first-order chi connectivity index (χ1) is 8.75. The van der Waals surface area contributed by atoms with Crippen molar-refractivity contribution in [3.63, 3.8) is 0 Å².